The number of carboxylic acid groups (broad SMARTS) is 1. The first-order valence-electron chi connectivity index (χ1n) is 11.8. The molecular weight excluding hydrogens is 458 g/mol. The van der Waals surface area contributed by atoms with Gasteiger partial charge in [-0.2, -0.15) is 5.10 Å². The van der Waals surface area contributed by atoms with Gasteiger partial charge in [-0.1, -0.05) is 0 Å². The van der Waals surface area contributed by atoms with Crippen LogP contribution in [0.25, 0.3) is 27.8 Å². The molecule has 0 amide bonds. The molecule has 0 spiro atoms. The van der Waals surface area contributed by atoms with Gasteiger partial charge in [-0.05, 0) is 43.9 Å². The summed E-state index contributed by atoms with van der Waals surface area (Å²) in [6.07, 6.45) is 3.41. The minimum atomic E-state index is -0.963. The highest BCUT2D eigenvalue weighted by atomic mass is 19.2. The van der Waals surface area contributed by atoms with Gasteiger partial charge in [0.25, 0.3) is 0 Å². The van der Waals surface area contributed by atoms with Gasteiger partial charge in [0, 0.05) is 53.4 Å². The number of hydrogen-bond donors (Lipinski definition) is 2. The number of ether oxygens (including phenoxy) is 2. The van der Waals surface area contributed by atoms with Crippen LogP contribution >= 0.6 is 0 Å². The van der Waals surface area contributed by atoms with Crippen molar-refractivity contribution >= 4 is 28.0 Å². The predicted molar refractivity (Wildman–Crippen MR) is 123 cm³/mol. The van der Waals surface area contributed by atoms with Crippen molar-refractivity contribution in [1.82, 2.24) is 19.7 Å². The molecule has 0 radical (unpaired) electrons. The van der Waals surface area contributed by atoms with Crippen LogP contribution in [0.4, 0.5) is 8.78 Å². The van der Waals surface area contributed by atoms with Crippen molar-refractivity contribution in [2.45, 2.75) is 43.6 Å². The van der Waals surface area contributed by atoms with E-state index in [4.69, 9.17) is 14.5 Å². The minimum absolute atomic E-state index is 0.0923. The van der Waals surface area contributed by atoms with Crippen molar-refractivity contribution in [1.29, 1.82) is 0 Å². The molecule has 5 heterocycles. The molecule has 2 aliphatic rings. The van der Waals surface area contributed by atoms with Gasteiger partial charge in [0.2, 0.25) is 0 Å². The van der Waals surface area contributed by atoms with Crippen molar-refractivity contribution in [2.75, 3.05) is 19.8 Å². The van der Waals surface area contributed by atoms with Crippen LogP contribution in [0.15, 0.2) is 30.5 Å². The summed E-state index contributed by atoms with van der Waals surface area (Å²) in [6, 6.07) is 5.87. The van der Waals surface area contributed by atoms with Crippen LogP contribution in [0, 0.1) is 11.6 Å². The Hall–Kier alpha value is -3.37. The number of nitrogens with zero attached hydrogens (tertiary/aromatic N) is 3. The number of aliphatic carboxylic acids is 1. The van der Waals surface area contributed by atoms with Gasteiger partial charge in [-0.3, -0.25) is 5.10 Å². The van der Waals surface area contributed by atoms with Crippen molar-refractivity contribution < 1.29 is 28.2 Å². The summed E-state index contributed by atoms with van der Waals surface area (Å²) >= 11 is 0. The second kappa shape index (κ2) is 8.69. The molecule has 2 aliphatic heterocycles. The molecule has 0 bridgehead atoms. The Morgan fingerprint density at radius 3 is 2.63 bits per heavy atom. The first-order chi connectivity index (χ1) is 17.0. The second-order valence-electron chi connectivity index (χ2n) is 9.22. The molecule has 3 aromatic heterocycles. The molecule has 0 aliphatic carbocycles. The number of aromatic nitrogens is 4. The molecule has 2 fully saturated rings. The van der Waals surface area contributed by atoms with E-state index in [2.05, 4.69) is 10.2 Å². The van der Waals surface area contributed by atoms with Gasteiger partial charge in [0.1, 0.15) is 0 Å². The quantitative estimate of drug-likeness (QED) is 0.447. The summed E-state index contributed by atoms with van der Waals surface area (Å²) < 4.78 is 41.6. The number of benzene rings is 1. The monoisotopic (exact) mass is 482 g/mol. The summed E-state index contributed by atoms with van der Waals surface area (Å²) in [6.45, 7) is 1.44. The van der Waals surface area contributed by atoms with E-state index in [9.17, 15) is 18.7 Å². The molecule has 2 N–H and O–H groups in total. The Bertz CT molecular complexity index is 1420. The topological polar surface area (TPSA) is 102 Å². The average molecular weight is 482 g/mol. The van der Waals surface area contributed by atoms with Gasteiger partial charge in [-0.25, -0.2) is 18.6 Å². The van der Waals surface area contributed by atoms with Crippen molar-refractivity contribution in [2.24, 2.45) is 0 Å². The Labute approximate surface area is 198 Å². The van der Waals surface area contributed by atoms with E-state index >= 15 is 0 Å². The molecule has 2 saturated heterocycles. The van der Waals surface area contributed by atoms with E-state index in [0.717, 1.165) is 46.6 Å². The zero-order chi connectivity index (χ0) is 24.1. The van der Waals surface area contributed by atoms with Crippen molar-refractivity contribution in [3.05, 3.63) is 53.4 Å². The number of carbonyl (C=O) groups is 1. The molecule has 35 heavy (non-hydrogen) atoms. The number of halogens is 2. The standard InChI is InChI=1S/C25H24F2N4O4/c26-17-3-2-16(10-18(17)27)31-19-9-15-11-28-30-24(15)29-22(19)21(23(31)13-5-7-34-8-6-13)14-1-4-20(25(32)33)35-12-14/h2-3,9-11,13-14,20H,1,4-8,12H2,(H,32,33)(H,28,29,30)/t14-,20+/m0/s1. The largest absolute Gasteiger partial charge is 0.479 e. The summed E-state index contributed by atoms with van der Waals surface area (Å²) in [5.41, 5.74) is 4.57. The molecule has 4 aromatic rings. The summed E-state index contributed by atoms with van der Waals surface area (Å²) in [4.78, 5) is 16.4. The minimum Gasteiger partial charge on any atom is -0.479 e. The number of nitrogens with one attached hydrogen (secondary N) is 1. The Morgan fingerprint density at radius 2 is 1.91 bits per heavy atom. The average Bonchev–Trinajstić information content (AvgIpc) is 3.46. The second-order valence-corrected chi connectivity index (χ2v) is 9.22. The van der Waals surface area contributed by atoms with Crippen LogP contribution in [-0.2, 0) is 14.3 Å². The van der Waals surface area contributed by atoms with Gasteiger partial charge in [-0.15, -0.1) is 0 Å². The maximum Gasteiger partial charge on any atom is 0.332 e. The van der Waals surface area contributed by atoms with E-state index in [0.29, 0.717) is 37.4 Å². The Morgan fingerprint density at radius 1 is 1.09 bits per heavy atom. The van der Waals surface area contributed by atoms with E-state index in [1.807, 2.05) is 10.6 Å². The SMILES string of the molecule is O=C(O)[C@H]1CC[C@H](c2c(C3CCOCC3)n(-c3ccc(F)c(F)c3)c3cc4cn[nH]c4nc23)CO1. The van der Waals surface area contributed by atoms with Crippen LogP contribution in [0.5, 0.6) is 0 Å². The number of pyridine rings is 1. The van der Waals surface area contributed by atoms with Crippen molar-refractivity contribution in [3.63, 3.8) is 0 Å². The molecular formula is C25H24F2N4O4. The van der Waals surface area contributed by atoms with Gasteiger partial charge in [0.05, 0.1) is 23.8 Å². The molecule has 8 nitrogen and oxygen atoms in total. The highest BCUT2D eigenvalue weighted by Crippen LogP contribution is 2.44. The van der Waals surface area contributed by atoms with E-state index in [-0.39, 0.29) is 18.4 Å². The molecule has 1 aromatic carbocycles. The fraction of sp³-hybridized carbons (Fsp3) is 0.400. The number of hydrogen-bond acceptors (Lipinski definition) is 5. The van der Waals surface area contributed by atoms with E-state index in [1.165, 1.54) is 6.07 Å². The van der Waals surface area contributed by atoms with Gasteiger partial charge in [0.15, 0.2) is 23.4 Å². The number of rotatable bonds is 4. The molecule has 10 heteroatoms. The number of carboxylic acids is 1. The third-order valence-corrected chi connectivity index (χ3v) is 7.15. The summed E-state index contributed by atoms with van der Waals surface area (Å²) in [5, 5.41) is 17.2. The maximum absolute atomic E-state index is 14.4. The molecule has 0 unspecified atom stereocenters. The van der Waals surface area contributed by atoms with Crippen LogP contribution in [0.3, 0.4) is 0 Å². The van der Waals surface area contributed by atoms with Crippen LogP contribution in [0.1, 0.15) is 48.8 Å². The predicted octanol–water partition coefficient (Wildman–Crippen LogP) is 4.42. The maximum atomic E-state index is 14.4. The lowest BCUT2D eigenvalue weighted by Crippen LogP contribution is -2.32. The third kappa shape index (κ3) is 3.77. The normalized spacial score (nSPS) is 21.7. The highest BCUT2D eigenvalue weighted by Gasteiger charge is 2.35. The van der Waals surface area contributed by atoms with E-state index in [1.54, 1.807) is 12.3 Å². The van der Waals surface area contributed by atoms with Crippen LogP contribution in [-0.4, -0.2) is 56.7 Å². The van der Waals surface area contributed by atoms with Crippen LogP contribution < -0.4 is 0 Å². The molecule has 0 saturated carbocycles. The number of fused-ring (bicyclic) bond motifs is 2. The zero-order valence-corrected chi connectivity index (χ0v) is 18.8. The first kappa shape index (κ1) is 22.1. The lowest BCUT2D eigenvalue weighted by atomic mass is 9.85. The number of H-pyrrole nitrogens is 1. The fourth-order valence-electron chi connectivity index (χ4n) is 5.46. The third-order valence-electron chi connectivity index (χ3n) is 7.15. The summed E-state index contributed by atoms with van der Waals surface area (Å²) in [5.74, 6) is -2.78. The Balaban J connectivity index is 1.62. The number of aromatic amines is 1. The molecule has 182 valence electrons. The van der Waals surface area contributed by atoms with Crippen LogP contribution in [0.2, 0.25) is 0 Å². The highest BCUT2D eigenvalue weighted by molar-refractivity contribution is 5.93. The first-order valence-corrected chi connectivity index (χ1v) is 11.8. The fourth-order valence-corrected chi connectivity index (χ4v) is 5.46. The lowest BCUT2D eigenvalue weighted by Gasteiger charge is -2.30. The van der Waals surface area contributed by atoms with Gasteiger partial charge >= 0.3 is 5.97 Å². The Kier molecular flexibility index (Phi) is 5.49. The van der Waals surface area contributed by atoms with Crippen molar-refractivity contribution in [3.8, 4) is 5.69 Å². The molecule has 2 atom stereocenters. The smallest absolute Gasteiger partial charge is 0.332 e. The summed E-state index contributed by atoms with van der Waals surface area (Å²) in [7, 11) is 0. The lowest BCUT2D eigenvalue weighted by molar-refractivity contribution is -0.153. The molecule has 6 rings (SSSR count). The van der Waals surface area contributed by atoms with Gasteiger partial charge < -0.3 is 19.1 Å². The zero-order valence-electron chi connectivity index (χ0n) is 18.8. The van der Waals surface area contributed by atoms with E-state index < -0.39 is 23.7 Å².